The molecule has 3 nitrogen and oxygen atoms in total. The largest absolute Gasteiger partial charge is 0.462 e. The van der Waals surface area contributed by atoms with Crippen LogP contribution < -0.4 is 5.73 Å². The molecule has 0 aromatic heterocycles. The molecule has 0 unspecified atom stereocenters. The Bertz CT molecular complexity index is 184. The van der Waals surface area contributed by atoms with E-state index in [2.05, 4.69) is 0 Å². The van der Waals surface area contributed by atoms with Crippen LogP contribution in [0.1, 0.15) is 19.8 Å². The first kappa shape index (κ1) is 7.12. The van der Waals surface area contributed by atoms with Crippen LogP contribution in [0.3, 0.4) is 0 Å². The van der Waals surface area contributed by atoms with Crippen molar-refractivity contribution in [2.24, 2.45) is 5.73 Å². The molecule has 2 N–H and O–H groups in total. The van der Waals surface area contributed by atoms with E-state index in [0.29, 0.717) is 30.7 Å². The number of hydrogen-bond acceptors (Lipinski definition) is 3. The van der Waals surface area contributed by atoms with E-state index in [4.69, 9.17) is 10.5 Å². The molecule has 1 heterocycles. The first-order valence-electron chi connectivity index (χ1n) is 3.40. The number of hydrogen-bond donors (Lipinski definition) is 1. The molecule has 10 heavy (non-hydrogen) atoms. The Balaban J connectivity index is 2.84. The van der Waals surface area contributed by atoms with Crippen molar-refractivity contribution in [3.05, 3.63) is 11.3 Å². The summed E-state index contributed by atoms with van der Waals surface area (Å²) in [6.07, 6.45) is 1.36. The van der Waals surface area contributed by atoms with Crippen LogP contribution >= 0.6 is 0 Å². The SMILES string of the molecule is CCC1=C(N)CCOC1=O. The van der Waals surface area contributed by atoms with Crippen LogP contribution in [0.25, 0.3) is 0 Å². The number of carbonyl (C=O) groups excluding carboxylic acids is 1. The van der Waals surface area contributed by atoms with Gasteiger partial charge >= 0.3 is 5.97 Å². The first-order valence-corrected chi connectivity index (χ1v) is 3.40. The topological polar surface area (TPSA) is 52.3 Å². The second-order valence-electron chi connectivity index (χ2n) is 2.24. The predicted octanol–water partition coefficient (Wildman–Crippen LogP) is 0.556. The molecule has 0 aromatic rings. The molecule has 56 valence electrons. The number of rotatable bonds is 1. The van der Waals surface area contributed by atoms with E-state index in [1.807, 2.05) is 6.92 Å². The highest BCUT2D eigenvalue weighted by molar-refractivity contribution is 5.89. The van der Waals surface area contributed by atoms with Crippen molar-refractivity contribution in [2.45, 2.75) is 19.8 Å². The van der Waals surface area contributed by atoms with Crippen molar-refractivity contribution in [2.75, 3.05) is 6.61 Å². The van der Waals surface area contributed by atoms with Gasteiger partial charge in [0.05, 0.1) is 12.2 Å². The summed E-state index contributed by atoms with van der Waals surface area (Å²) in [6.45, 7) is 2.34. The summed E-state index contributed by atoms with van der Waals surface area (Å²) in [7, 11) is 0. The minimum Gasteiger partial charge on any atom is -0.462 e. The maximum atomic E-state index is 10.9. The van der Waals surface area contributed by atoms with Crippen LogP contribution in [-0.4, -0.2) is 12.6 Å². The maximum absolute atomic E-state index is 10.9. The van der Waals surface area contributed by atoms with Crippen molar-refractivity contribution in [3.63, 3.8) is 0 Å². The lowest BCUT2D eigenvalue weighted by Gasteiger charge is -2.15. The normalized spacial score (nSPS) is 19.1. The van der Waals surface area contributed by atoms with E-state index < -0.39 is 0 Å². The Morgan fingerprint density at radius 3 is 2.80 bits per heavy atom. The minimum atomic E-state index is -0.244. The molecule has 0 fully saturated rings. The van der Waals surface area contributed by atoms with Gasteiger partial charge < -0.3 is 10.5 Å². The Morgan fingerprint density at radius 1 is 1.70 bits per heavy atom. The molecule has 3 heteroatoms. The van der Waals surface area contributed by atoms with Gasteiger partial charge in [-0.25, -0.2) is 4.79 Å². The Labute approximate surface area is 59.8 Å². The van der Waals surface area contributed by atoms with Crippen LogP contribution in [0.2, 0.25) is 0 Å². The number of ether oxygens (including phenoxy) is 1. The third-order valence-corrected chi connectivity index (χ3v) is 1.59. The molecule has 1 rings (SSSR count). The fourth-order valence-electron chi connectivity index (χ4n) is 0.994. The van der Waals surface area contributed by atoms with Crippen molar-refractivity contribution in [1.29, 1.82) is 0 Å². The molecule has 0 saturated heterocycles. The average Bonchev–Trinajstić information content (AvgIpc) is 1.88. The Morgan fingerprint density at radius 2 is 2.40 bits per heavy atom. The lowest BCUT2D eigenvalue weighted by molar-refractivity contribution is -0.140. The molecule has 0 radical (unpaired) electrons. The van der Waals surface area contributed by atoms with Gasteiger partial charge in [-0.05, 0) is 6.42 Å². The summed E-state index contributed by atoms with van der Waals surface area (Å²) in [5.41, 5.74) is 6.90. The van der Waals surface area contributed by atoms with Crippen LogP contribution in [-0.2, 0) is 9.53 Å². The van der Waals surface area contributed by atoms with Gasteiger partial charge in [0.1, 0.15) is 0 Å². The lowest BCUT2D eigenvalue weighted by Crippen LogP contribution is -2.21. The fraction of sp³-hybridized carbons (Fsp3) is 0.571. The highest BCUT2D eigenvalue weighted by Gasteiger charge is 2.17. The van der Waals surface area contributed by atoms with Gasteiger partial charge in [0.2, 0.25) is 0 Å². The number of nitrogens with two attached hydrogens (primary N) is 1. The summed E-state index contributed by atoms with van der Waals surface area (Å²) in [5.74, 6) is -0.244. The van der Waals surface area contributed by atoms with Crippen LogP contribution in [0.5, 0.6) is 0 Å². The molecule has 0 aliphatic carbocycles. The zero-order chi connectivity index (χ0) is 7.56. The molecule has 0 atom stereocenters. The zero-order valence-electron chi connectivity index (χ0n) is 6.02. The average molecular weight is 141 g/mol. The highest BCUT2D eigenvalue weighted by atomic mass is 16.5. The molecular weight excluding hydrogens is 130 g/mol. The van der Waals surface area contributed by atoms with Gasteiger partial charge in [0.25, 0.3) is 0 Å². The summed E-state index contributed by atoms with van der Waals surface area (Å²) >= 11 is 0. The Hall–Kier alpha value is -0.990. The van der Waals surface area contributed by atoms with E-state index in [1.54, 1.807) is 0 Å². The first-order chi connectivity index (χ1) is 4.75. The van der Waals surface area contributed by atoms with Gasteiger partial charge in [-0.1, -0.05) is 6.92 Å². The lowest BCUT2D eigenvalue weighted by atomic mass is 10.1. The highest BCUT2D eigenvalue weighted by Crippen LogP contribution is 2.14. The fourth-order valence-corrected chi connectivity index (χ4v) is 0.994. The number of esters is 1. The Kier molecular flexibility index (Phi) is 1.94. The van der Waals surface area contributed by atoms with E-state index in [9.17, 15) is 4.79 Å². The third kappa shape index (κ3) is 1.12. The summed E-state index contributed by atoms with van der Waals surface area (Å²) < 4.78 is 4.77. The van der Waals surface area contributed by atoms with Crippen molar-refractivity contribution in [1.82, 2.24) is 0 Å². The molecule has 0 amide bonds. The van der Waals surface area contributed by atoms with Crippen LogP contribution in [0, 0.1) is 0 Å². The molecule has 0 bridgehead atoms. The molecule has 0 aromatic carbocycles. The maximum Gasteiger partial charge on any atom is 0.335 e. The number of carbonyl (C=O) groups is 1. The van der Waals surface area contributed by atoms with Crippen LogP contribution in [0.15, 0.2) is 11.3 Å². The van der Waals surface area contributed by atoms with Crippen LogP contribution in [0.4, 0.5) is 0 Å². The minimum absolute atomic E-state index is 0.244. The van der Waals surface area contributed by atoms with Gasteiger partial charge in [-0.3, -0.25) is 0 Å². The predicted molar refractivity (Wildman–Crippen MR) is 37.1 cm³/mol. The summed E-state index contributed by atoms with van der Waals surface area (Å²) in [6, 6.07) is 0. The molecule has 1 aliphatic heterocycles. The van der Waals surface area contributed by atoms with Crippen molar-refractivity contribution < 1.29 is 9.53 Å². The zero-order valence-corrected chi connectivity index (χ0v) is 6.02. The van der Waals surface area contributed by atoms with Gasteiger partial charge in [-0.2, -0.15) is 0 Å². The summed E-state index contributed by atoms with van der Waals surface area (Å²) in [4.78, 5) is 10.9. The van der Waals surface area contributed by atoms with Crippen molar-refractivity contribution in [3.8, 4) is 0 Å². The standard InChI is InChI=1S/C7H11NO2/c1-2-5-6(8)3-4-10-7(5)9/h2-4,8H2,1H3. The molecule has 0 saturated carbocycles. The molecular formula is C7H11NO2. The van der Waals surface area contributed by atoms with E-state index in [-0.39, 0.29) is 5.97 Å². The van der Waals surface area contributed by atoms with Gasteiger partial charge in [-0.15, -0.1) is 0 Å². The second kappa shape index (κ2) is 2.73. The molecule has 1 aliphatic rings. The monoisotopic (exact) mass is 141 g/mol. The van der Waals surface area contributed by atoms with E-state index >= 15 is 0 Å². The quantitative estimate of drug-likeness (QED) is 0.543. The summed E-state index contributed by atoms with van der Waals surface area (Å²) in [5, 5.41) is 0. The smallest absolute Gasteiger partial charge is 0.335 e. The van der Waals surface area contributed by atoms with E-state index in [0.717, 1.165) is 0 Å². The number of cyclic esters (lactones) is 1. The van der Waals surface area contributed by atoms with E-state index in [1.165, 1.54) is 0 Å². The van der Waals surface area contributed by atoms with Gasteiger partial charge in [0.15, 0.2) is 0 Å². The van der Waals surface area contributed by atoms with Crippen molar-refractivity contribution >= 4 is 5.97 Å². The second-order valence-corrected chi connectivity index (χ2v) is 2.24. The van der Waals surface area contributed by atoms with Gasteiger partial charge in [0, 0.05) is 12.1 Å². The third-order valence-electron chi connectivity index (χ3n) is 1.59. The molecule has 0 spiro atoms.